The number of aryl methyl sites for hydroxylation is 1. The summed E-state index contributed by atoms with van der Waals surface area (Å²) in [6.07, 6.45) is 7.49. The van der Waals surface area contributed by atoms with Crippen LogP contribution in [0.25, 0.3) is 33.1 Å². The molecule has 11 nitrogen and oxygen atoms in total. The number of likely N-dealkylation sites (N-methyl/N-ethyl adjacent to an activating group) is 1. The molecule has 186 valence electrons. The van der Waals surface area contributed by atoms with Gasteiger partial charge in [-0.3, -0.25) is 14.9 Å². The van der Waals surface area contributed by atoms with Crippen molar-refractivity contribution >= 4 is 37.8 Å². The molecule has 1 aliphatic carbocycles. The Bertz CT molecular complexity index is 1480. The van der Waals surface area contributed by atoms with Crippen LogP contribution in [0.1, 0.15) is 24.0 Å². The van der Waals surface area contributed by atoms with E-state index in [-0.39, 0.29) is 5.82 Å². The van der Waals surface area contributed by atoms with Crippen LogP contribution in [-0.2, 0) is 23.1 Å². The van der Waals surface area contributed by atoms with E-state index in [1.165, 1.54) is 19.7 Å². The zero-order valence-electron chi connectivity index (χ0n) is 20.3. The highest BCUT2D eigenvalue weighted by Crippen LogP contribution is 2.43. The first-order valence-corrected chi connectivity index (χ1v) is 13.0. The zero-order chi connectivity index (χ0) is 24.7. The van der Waals surface area contributed by atoms with E-state index in [4.69, 9.17) is 9.72 Å². The van der Waals surface area contributed by atoms with Crippen molar-refractivity contribution in [2.75, 3.05) is 46.1 Å². The van der Waals surface area contributed by atoms with E-state index in [0.29, 0.717) is 28.8 Å². The van der Waals surface area contributed by atoms with Crippen molar-refractivity contribution < 1.29 is 13.2 Å². The van der Waals surface area contributed by atoms with Crippen molar-refractivity contribution in [3.05, 3.63) is 29.6 Å². The molecule has 3 heterocycles. The normalized spacial score (nSPS) is 14.2. The molecule has 0 saturated heterocycles. The summed E-state index contributed by atoms with van der Waals surface area (Å²) >= 11 is 0. The predicted molar refractivity (Wildman–Crippen MR) is 136 cm³/mol. The van der Waals surface area contributed by atoms with Crippen molar-refractivity contribution in [2.45, 2.75) is 25.7 Å². The molecule has 0 aliphatic heterocycles. The Morgan fingerprint density at radius 3 is 2.57 bits per heavy atom. The van der Waals surface area contributed by atoms with Crippen molar-refractivity contribution in [1.29, 1.82) is 0 Å². The Balaban J connectivity index is 1.80. The Kier molecular flexibility index (Phi) is 6.11. The van der Waals surface area contributed by atoms with Crippen molar-refractivity contribution in [3.63, 3.8) is 0 Å². The number of fused-ring (bicyclic) bond motifs is 5. The number of aromatic nitrogens is 5. The number of rotatable bonds is 8. The molecule has 3 N–H and O–H groups in total. The SMILES string of the molecule is CN(C)CCOc1cc2[nH]nc(NS(=O)(=O)N(C)C)c2c2c3c(c(-c4cn[nH]c4)nc12)CCCC3. The monoisotopic (exact) mass is 498 g/mol. The fourth-order valence-electron chi connectivity index (χ4n) is 4.54. The number of aromatic amines is 2. The van der Waals surface area contributed by atoms with E-state index in [0.717, 1.165) is 58.7 Å². The minimum atomic E-state index is -3.75. The molecule has 0 spiro atoms. The first-order valence-electron chi connectivity index (χ1n) is 11.6. The van der Waals surface area contributed by atoms with Gasteiger partial charge in [0.15, 0.2) is 5.82 Å². The molecule has 1 aliphatic rings. The van der Waals surface area contributed by atoms with Gasteiger partial charge < -0.3 is 9.64 Å². The number of benzene rings is 1. The van der Waals surface area contributed by atoms with Gasteiger partial charge in [-0.1, -0.05) is 0 Å². The summed E-state index contributed by atoms with van der Waals surface area (Å²) in [7, 11) is 3.20. The summed E-state index contributed by atoms with van der Waals surface area (Å²) in [6.45, 7) is 1.23. The third-order valence-corrected chi connectivity index (χ3v) is 7.76. The number of anilines is 1. The van der Waals surface area contributed by atoms with Gasteiger partial charge in [-0.15, -0.1) is 0 Å². The summed E-state index contributed by atoms with van der Waals surface area (Å²) < 4.78 is 35.3. The number of ether oxygens (including phenoxy) is 1. The van der Waals surface area contributed by atoms with Gasteiger partial charge >= 0.3 is 10.2 Å². The second-order valence-corrected chi connectivity index (χ2v) is 11.1. The van der Waals surface area contributed by atoms with E-state index in [1.54, 1.807) is 6.20 Å². The highest BCUT2D eigenvalue weighted by molar-refractivity contribution is 7.90. The van der Waals surface area contributed by atoms with E-state index >= 15 is 0 Å². The second-order valence-electron chi connectivity index (χ2n) is 9.25. The van der Waals surface area contributed by atoms with Crippen LogP contribution in [0.3, 0.4) is 0 Å². The molecule has 0 amide bonds. The van der Waals surface area contributed by atoms with Gasteiger partial charge in [-0.25, -0.2) is 4.98 Å². The predicted octanol–water partition coefficient (Wildman–Crippen LogP) is 2.54. The Morgan fingerprint density at radius 1 is 1.11 bits per heavy atom. The zero-order valence-corrected chi connectivity index (χ0v) is 21.2. The third-order valence-electron chi connectivity index (χ3n) is 6.34. The van der Waals surface area contributed by atoms with E-state index < -0.39 is 10.2 Å². The lowest BCUT2D eigenvalue weighted by molar-refractivity contribution is 0.263. The lowest BCUT2D eigenvalue weighted by Crippen LogP contribution is -2.29. The lowest BCUT2D eigenvalue weighted by Gasteiger charge is -2.23. The molecule has 0 atom stereocenters. The molecular formula is C23H30N8O3S. The maximum absolute atomic E-state index is 12.7. The van der Waals surface area contributed by atoms with E-state index in [1.807, 2.05) is 26.4 Å². The fraction of sp³-hybridized carbons (Fsp3) is 0.435. The first kappa shape index (κ1) is 23.5. The molecule has 1 aromatic carbocycles. The minimum absolute atomic E-state index is 0.254. The number of nitrogens with zero attached hydrogens (tertiary/aromatic N) is 5. The number of nitrogens with one attached hydrogen (secondary N) is 3. The molecule has 0 bridgehead atoms. The van der Waals surface area contributed by atoms with Crippen molar-refractivity contribution in [3.8, 4) is 17.0 Å². The van der Waals surface area contributed by atoms with Crippen LogP contribution in [0.2, 0.25) is 0 Å². The van der Waals surface area contributed by atoms with Crippen LogP contribution in [0.5, 0.6) is 5.75 Å². The molecule has 0 saturated carbocycles. The molecule has 12 heteroatoms. The maximum atomic E-state index is 12.7. The Labute approximate surface area is 204 Å². The van der Waals surface area contributed by atoms with Gasteiger partial charge in [-0.05, 0) is 50.9 Å². The Hall–Kier alpha value is -3.22. The van der Waals surface area contributed by atoms with Crippen LogP contribution in [-0.4, -0.2) is 84.3 Å². The van der Waals surface area contributed by atoms with E-state index in [9.17, 15) is 8.42 Å². The summed E-state index contributed by atoms with van der Waals surface area (Å²) in [4.78, 5) is 7.16. The average molecular weight is 499 g/mol. The van der Waals surface area contributed by atoms with Crippen molar-refractivity contribution in [1.82, 2.24) is 34.6 Å². The largest absolute Gasteiger partial charge is 0.490 e. The molecule has 5 rings (SSSR count). The molecular weight excluding hydrogens is 468 g/mol. The van der Waals surface area contributed by atoms with E-state index in [2.05, 4.69) is 30.0 Å². The van der Waals surface area contributed by atoms with Gasteiger partial charge in [0.2, 0.25) is 0 Å². The average Bonchev–Trinajstić information content (AvgIpc) is 3.48. The van der Waals surface area contributed by atoms with Gasteiger partial charge in [0.05, 0.1) is 22.8 Å². The van der Waals surface area contributed by atoms with Crippen LogP contribution >= 0.6 is 0 Å². The summed E-state index contributed by atoms with van der Waals surface area (Å²) in [5, 5.41) is 16.0. The Morgan fingerprint density at radius 2 is 1.89 bits per heavy atom. The van der Waals surface area contributed by atoms with Gasteiger partial charge in [0.25, 0.3) is 0 Å². The number of hydrogen-bond acceptors (Lipinski definition) is 7. The number of hydrogen-bond donors (Lipinski definition) is 3. The van der Waals surface area contributed by atoms with Gasteiger partial charge in [0.1, 0.15) is 17.9 Å². The highest BCUT2D eigenvalue weighted by Gasteiger charge is 2.27. The molecule has 35 heavy (non-hydrogen) atoms. The van der Waals surface area contributed by atoms with Crippen LogP contribution < -0.4 is 9.46 Å². The third kappa shape index (κ3) is 4.32. The highest BCUT2D eigenvalue weighted by atomic mass is 32.2. The molecule has 4 aromatic rings. The van der Waals surface area contributed by atoms with Gasteiger partial charge in [0, 0.05) is 43.9 Å². The van der Waals surface area contributed by atoms with Crippen molar-refractivity contribution in [2.24, 2.45) is 0 Å². The standard InChI is InChI=1S/C23H30N8O3S/c1-30(2)9-10-34-18-11-17-20(23(28-27-17)29-35(32,33)31(3)4)19-15-7-5-6-8-16(15)21(26-22(18)19)14-12-24-25-13-14/h11-13H,5-10H2,1-4H3,(H,24,25)(H2,27,28,29). The number of H-pyrrole nitrogens is 2. The van der Waals surface area contributed by atoms with Crippen LogP contribution in [0.15, 0.2) is 18.5 Å². The maximum Gasteiger partial charge on any atom is 0.302 e. The smallest absolute Gasteiger partial charge is 0.302 e. The quantitative estimate of drug-likeness (QED) is 0.340. The molecule has 0 radical (unpaired) electrons. The summed E-state index contributed by atoms with van der Waals surface area (Å²) in [5.74, 6) is 0.891. The second kappa shape index (κ2) is 9.10. The topological polar surface area (TPSA) is 132 Å². The molecule has 3 aromatic heterocycles. The van der Waals surface area contributed by atoms with Crippen LogP contribution in [0, 0.1) is 0 Å². The minimum Gasteiger partial charge on any atom is -0.490 e. The number of pyridine rings is 1. The van der Waals surface area contributed by atoms with Crippen LogP contribution in [0.4, 0.5) is 5.82 Å². The molecule has 0 fully saturated rings. The van der Waals surface area contributed by atoms with Gasteiger partial charge in [-0.2, -0.15) is 22.9 Å². The summed E-state index contributed by atoms with van der Waals surface area (Å²) in [5.41, 5.74) is 5.52. The molecule has 0 unspecified atom stereocenters. The summed E-state index contributed by atoms with van der Waals surface area (Å²) in [6, 6.07) is 1.86. The first-order chi connectivity index (χ1) is 16.8. The fourth-order valence-corrected chi connectivity index (χ4v) is 5.11. The lowest BCUT2D eigenvalue weighted by atomic mass is 9.85.